The van der Waals surface area contributed by atoms with Crippen LogP contribution in [0.1, 0.15) is 49.4 Å². The summed E-state index contributed by atoms with van der Waals surface area (Å²) >= 11 is 0. The number of benzene rings is 1. The summed E-state index contributed by atoms with van der Waals surface area (Å²) in [5, 5.41) is 1.34. The van der Waals surface area contributed by atoms with Gasteiger partial charge in [0.25, 0.3) is 0 Å². The monoisotopic (exact) mass is 409 g/mol. The third kappa shape index (κ3) is 4.20. The molecule has 0 spiro atoms. The smallest absolute Gasteiger partial charge is 0.153 e. The van der Waals surface area contributed by atoms with Gasteiger partial charge in [-0.3, -0.25) is 0 Å². The van der Waals surface area contributed by atoms with Gasteiger partial charge in [-0.2, -0.15) is 0 Å². The van der Waals surface area contributed by atoms with E-state index < -0.39 is 0 Å². The van der Waals surface area contributed by atoms with E-state index in [2.05, 4.69) is 79.6 Å². The van der Waals surface area contributed by atoms with Gasteiger partial charge in [-0.25, -0.2) is 4.98 Å². The molecule has 0 aliphatic carbocycles. The maximum Gasteiger partial charge on any atom is 0.153 e. The largest absolute Gasteiger partial charge is 0.355 e. The van der Waals surface area contributed by atoms with Gasteiger partial charge in [-0.05, 0) is 63.6 Å². The van der Waals surface area contributed by atoms with Crippen molar-refractivity contribution in [1.82, 2.24) is 9.55 Å². The summed E-state index contributed by atoms with van der Waals surface area (Å²) in [5.74, 6) is 1.82. The first-order chi connectivity index (χ1) is 13.6. The molecule has 0 amide bonds. The van der Waals surface area contributed by atoms with Gasteiger partial charge < -0.3 is 9.47 Å². The minimum absolute atomic E-state index is 0. The zero-order chi connectivity index (χ0) is 19.7. The summed E-state index contributed by atoms with van der Waals surface area (Å²) in [4.78, 5) is 7.35. The van der Waals surface area contributed by atoms with E-state index in [0.29, 0.717) is 5.92 Å². The lowest BCUT2D eigenvalue weighted by Gasteiger charge is -2.33. The van der Waals surface area contributed by atoms with E-state index >= 15 is 0 Å². The highest BCUT2D eigenvalue weighted by Crippen LogP contribution is 2.35. The van der Waals surface area contributed by atoms with Crippen LogP contribution in [0.2, 0.25) is 0 Å². The van der Waals surface area contributed by atoms with Gasteiger partial charge in [-0.1, -0.05) is 42.0 Å². The second kappa shape index (κ2) is 9.04. The minimum Gasteiger partial charge on any atom is -0.355 e. The number of allylic oxidation sites excluding steroid dienone is 2. The van der Waals surface area contributed by atoms with Gasteiger partial charge in [0, 0.05) is 36.9 Å². The number of fused-ring (bicyclic) bond motifs is 1. The highest BCUT2D eigenvalue weighted by molar-refractivity contribution is 5.93. The van der Waals surface area contributed by atoms with Crippen molar-refractivity contribution in [3.05, 3.63) is 71.1 Å². The van der Waals surface area contributed by atoms with Gasteiger partial charge in [0.2, 0.25) is 0 Å². The number of aryl methyl sites for hydroxylation is 1. The number of nitrogens with zero attached hydrogens (tertiary/aromatic N) is 3. The van der Waals surface area contributed by atoms with Gasteiger partial charge in [-0.15, -0.1) is 12.4 Å². The van der Waals surface area contributed by atoms with Crippen LogP contribution in [-0.2, 0) is 6.54 Å². The Labute approximate surface area is 180 Å². The Balaban J connectivity index is 0.00000240. The van der Waals surface area contributed by atoms with E-state index in [1.165, 1.54) is 46.1 Å². The second-order valence-electron chi connectivity index (χ2n) is 8.31. The molecule has 4 heteroatoms. The van der Waals surface area contributed by atoms with Gasteiger partial charge in [0.1, 0.15) is 0 Å². The Bertz CT molecular complexity index is 992. The lowest BCUT2D eigenvalue weighted by Crippen LogP contribution is -2.33. The van der Waals surface area contributed by atoms with Crippen LogP contribution in [0.3, 0.4) is 0 Å². The van der Waals surface area contributed by atoms with Crippen molar-refractivity contribution in [1.29, 1.82) is 0 Å². The number of hydrogen-bond acceptors (Lipinski definition) is 2. The third-order valence-electron chi connectivity index (χ3n) is 6.27. The molecule has 0 atom stereocenters. The number of pyridine rings is 1. The van der Waals surface area contributed by atoms with E-state index in [9.17, 15) is 0 Å². The van der Waals surface area contributed by atoms with Crippen LogP contribution in [0.5, 0.6) is 0 Å². The van der Waals surface area contributed by atoms with Crippen LogP contribution >= 0.6 is 12.4 Å². The van der Waals surface area contributed by atoms with Crippen molar-refractivity contribution in [2.24, 2.45) is 0 Å². The number of aromatic nitrogens is 2. The van der Waals surface area contributed by atoms with E-state index in [1.54, 1.807) is 0 Å². The minimum atomic E-state index is 0. The van der Waals surface area contributed by atoms with Crippen LogP contribution in [-0.4, -0.2) is 22.6 Å². The van der Waals surface area contributed by atoms with Crippen molar-refractivity contribution >= 4 is 29.1 Å². The molecular weight excluding hydrogens is 378 g/mol. The molecule has 29 heavy (non-hydrogen) atoms. The van der Waals surface area contributed by atoms with Crippen LogP contribution in [0.25, 0.3) is 10.9 Å². The summed E-state index contributed by atoms with van der Waals surface area (Å²) in [6.45, 7) is 11.9. The van der Waals surface area contributed by atoms with Crippen molar-refractivity contribution < 1.29 is 0 Å². The average Bonchev–Trinajstić information content (AvgIpc) is 2.97. The Hall–Kier alpha value is -2.26. The Morgan fingerprint density at radius 3 is 2.41 bits per heavy atom. The summed E-state index contributed by atoms with van der Waals surface area (Å²) < 4.78 is 2.45. The summed E-state index contributed by atoms with van der Waals surface area (Å²) in [6.07, 6.45) is 6.67. The summed E-state index contributed by atoms with van der Waals surface area (Å²) in [5.41, 5.74) is 6.86. The molecule has 1 aliphatic rings. The molecule has 3 aromatic rings. The fraction of sp³-hybridized carbons (Fsp3) is 0.400. The first-order valence-electron chi connectivity index (χ1n) is 10.4. The molecule has 0 radical (unpaired) electrons. The Kier molecular flexibility index (Phi) is 6.69. The molecule has 0 saturated carbocycles. The van der Waals surface area contributed by atoms with Gasteiger partial charge in [0.15, 0.2) is 5.82 Å². The van der Waals surface area contributed by atoms with Crippen LogP contribution in [0, 0.1) is 13.8 Å². The molecule has 3 nitrogen and oxygen atoms in total. The molecule has 0 N–H and O–H groups in total. The van der Waals surface area contributed by atoms with Crippen LogP contribution < -0.4 is 4.90 Å². The highest BCUT2D eigenvalue weighted by atomic mass is 35.5. The molecule has 1 saturated heterocycles. The fourth-order valence-electron chi connectivity index (χ4n) is 4.46. The van der Waals surface area contributed by atoms with Crippen molar-refractivity contribution in [3.63, 3.8) is 0 Å². The summed E-state index contributed by atoms with van der Waals surface area (Å²) in [7, 11) is 0. The molecule has 1 aromatic carbocycles. The SMILES string of the molecule is CC(C)=CCn1c(C)c(C)c2ccnc(N3CCC(c4ccccc4)CC3)c21.Cl. The molecule has 3 heterocycles. The fourth-order valence-corrected chi connectivity index (χ4v) is 4.46. The lowest BCUT2D eigenvalue weighted by atomic mass is 9.89. The predicted octanol–water partition coefficient (Wildman–Crippen LogP) is 6.43. The van der Waals surface area contributed by atoms with E-state index in [0.717, 1.165) is 25.5 Å². The zero-order valence-electron chi connectivity index (χ0n) is 18.0. The molecule has 0 bridgehead atoms. The van der Waals surface area contributed by atoms with Crippen molar-refractivity contribution in [2.75, 3.05) is 18.0 Å². The van der Waals surface area contributed by atoms with Gasteiger partial charge in [0.05, 0.1) is 5.52 Å². The Morgan fingerprint density at radius 2 is 1.76 bits per heavy atom. The number of piperidine rings is 1. The maximum absolute atomic E-state index is 4.85. The molecule has 1 aliphatic heterocycles. The van der Waals surface area contributed by atoms with E-state index in [-0.39, 0.29) is 12.4 Å². The average molecular weight is 410 g/mol. The molecule has 2 aromatic heterocycles. The molecule has 154 valence electrons. The quantitative estimate of drug-likeness (QED) is 0.463. The molecule has 0 unspecified atom stereocenters. The Morgan fingerprint density at radius 1 is 1.07 bits per heavy atom. The molecule has 1 fully saturated rings. The highest BCUT2D eigenvalue weighted by Gasteiger charge is 2.24. The molecular formula is C25H32ClN3. The standard InChI is InChI=1S/C25H31N3.ClH/c1-18(2)11-17-28-20(4)19(3)23-10-14-26-25(24(23)28)27-15-12-22(13-16-27)21-8-6-5-7-9-21;/h5-11,14,22H,12-13,15-17H2,1-4H3;1H. The molecule has 4 rings (SSSR count). The van der Waals surface area contributed by atoms with Crippen LogP contribution in [0.15, 0.2) is 54.2 Å². The number of anilines is 1. The third-order valence-corrected chi connectivity index (χ3v) is 6.27. The maximum atomic E-state index is 4.85. The first-order valence-corrected chi connectivity index (χ1v) is 10.4. The van der Waals surface area contributed by atoms with Crippen LogP contribution in [0.4, 0.5) is 5.82 Å². The van der Waals surface area contributed by atoms with Crippen molar-refractivity contribution in [2.45, 2.75) is 53.0 Å². The zero-order valence-corrected chi connectivity index (χ0v) is 18.8. The topological polar surface area (TPSA) is 21.1 Å². The van der Waals surface area contributed by atoms with Gasteiger partial charge >= 0.3 is 0 Å². The normalized spacial score (nSPS) is 14.7. The van der Waals surface area contributed by atoms with E-state index in [1.807, 2.05) is 6.20 Å². The number of hydrogen-bond donors (Lipinski definition) is 0. The number of rotatable bonds is 4. The first kappa shape index (κ1) is 21.4. The second-order valence-corrected chi connectivity index (χ2v) is 8.31. The summed E-state index contributed by atoms with van der Waals surface area (Å²) in [6, 6.07) is 13.1. The number of halogens is 1. The van der Waals surface area contributed by atoms with Crippen molar-refractivity contribution in [3.8, 4) is 0 Å². The predicted molar refractivity (Wildman–Crippen MR) is 127 cm³/mol. The van der Waals surface area contributed by atoms with E-state index in [4.69, 9.17) is 4.98 Å². The lowest BCUT2D eigenvalue weighted by molar-refractivity contribution is 0.503.